The first kappa shape index (κ1) is 34.2. The number of halogens is 1. The quantitative estimate of drug-likeness (QED) is 0.169. The van der Waals surface area contributed by atoms with Gasteiger partial charge >= 0.3 is 0 Å². The van der Waals surface area contributed by atoms with Crippen LogP contribution in [0.25, 0.3) is 0 Å². The Kier molecular flexibility index (Phi) is 22.3. The fourth-order valence-corrected chi connectivity index (χ4v) is 3.23. The summed E-state index contributed by atoms with van der Waals surface area (Å²) >= 11 is 0. The van der Waals surface area contributed by atoms with E-state index in [1.807, 2.05) is 62.4 Å². The molecule has 1 heteroatoms. The molecule has 0 aromatic heterocycles. The van der Waals surface area contributed by atoms with Crippen molar-refractivity contribution >= 4 is 0 Å². The van der Waals surface area contributed by atoms with E-state index in [-0.39, 0.29) is 5.82 Å². The molecule has 0 aliphatic heterocycles. The second-order valence-electron chi connectivity index (χ2n) is 8.42. The van der Waals surface area contributed by atoms with Gasteiger partial charge in [-0.25, -0.2) is 4.39 Å². The highest BCUT2D eigenvalue weighted by Gasteiger charge is 2.03. The number of hydrogen-bond donors (Lipinski definition) is 0. The van der Waals surface area contributed by atoms with E-state index in [2.05, 4.69) is 59.6 Å². The van der Waals surface area contributed by atoms with Crippen LogP contribution in [0.1, 0.15) is 78.4 Å². The number of unbranched alkanes of at least 4 members (excludes halogenated alkanes) is 2. The molecule has 0 atom stereocenters. The molecule has 1 aromatic rings. The van der Waals surface area contributed by atoms with Gasteiger partial charge in [-0.05, 0) is 94.7 Å². The molecule has 0 fully saturated rings. The molecule has 0 N–H and O–H groups in total. The summed E-state index contributed by atoms with van der Waals surface area (Å²) in [7, 11) is 0. The first-order valence-corrected chi connectivity index (χ1v) is 12.6. The smallest absolute Gasteiger partial charge is 0.126 e. The minimum absolute atomic E-state index is 0.152. The monoisotopic (exact) mass is 476 g/mol. The van der Waals surface area contributed by atoms with Crippen molar-refractivity contribution in [3.05, 3.63) is 132 Å². The fourth-order valence-electron chi connectivity index (χ4n) is 3.23. The van der Waals surface area contributed by atoms with Gasteiger partial charge in [-0.15, -0.1) is 6.58 Å². The lowest BCUT2D eigenvalue weighted by Gasteiger charge is -2.10. The van der Waals surface area contributed by atoms with Crippen LogP contribution in [-0.4, -0.2) is 0 Å². The molecule has 0 bridgehead atoms. The predicted molar refractivity (Wildman–Crippen MR) is 159 cm³/mol. The average molecular weight is 477 g/mol. The van der Waals surface area contributed by atoms with Gasteiger partial charge in [-0.2, -0.15) is 0 Å². The van der Waals surface area contributed by atoms with Crippen LogP contribution in [0.2, 0.25) is 0 Å². The molecule has 0 radical (unpaired) electrons. The molecular weight excluding hydrogens is 427 g/mol. The van der Waals surface area contributed by atoms with Crippen molar-refractivity contribution in [1.29, 1.82) is 0 Å². The topological polar surface area (TPSA) is 0 Å². The van der Waals surface area contributed by atoms with Crippen LogP contribution in [0.5, 0.6) is 0 Å². The molecule has 0 saturated carbocycles. The third kappa shape index (κ3) is 17.2. The normalized spacial score (nSPS) is 11.3. The van der Waals surface area contributed by atoms with Gasteiger partial charge in [0.05, 0.1) is 0 Å². The minimum Gasteiger partial charge on any atom is -0.207 e. The highest BCUT2D eigenvalue weighted by atomic mass is 19.1. The van der Waals surface area contributed by atoms with E-state index >= 15 is 0 Å². The molecule has 0 spiro atoms. The third-order valence-electron chi connectivity index (χ3n) is 5.08. The predicted octanol–water partition coefficient (Wildman–Crippen LogP) is 11.1. The second kappa shape index (κ2) is 22.8. The number of benzene rings is 1. The molecule has 0 saturated heterocycles. The van der Waals surface area contributed by atoms with E-state index in [0.717, 1.165) is 17.6 Å². The Balaban J connectivity index is 0. The van der Waals surface area contributed by atoms with Crippen LogP contribution in [0.3, 0.4) is 0 Å². The maximum atomic E-state index is 13.1. The van der Waals surface area contributed by atoms with Gasteiger partial charge in [0.1, 0.15) is 5.82 Å². The van der Waals surface area contributed by atoms with Crippen LogP contribution in [0, 0.1) is 12.7 Å². The Morgan fingerprint density at radius 2 is 1.66 bits per heavy atom. The van der Waals surface area contributed by atoms with E-state index < -0.39 is 0 Å². The van der Waals surface area contributed by atoms with E-state index in [0.29, 0.717) is 5.56 Å². The number of aryl methyl sites for hydroxylation is 1. The summed E-state index contributed by atoms with van der Waals surface area (Å²) in [5.41, 5.74) is 7.14. The lowest BCUT2D eigenvalue weighted by Crippen LogP contribution is -1.91. The van der Waals surface area contributed by atoms with Crippen LogP contribution < -0.4 is 0 Å². The maximum Gasteiger partial charge on any atom is 0.126 e. The van der Waals surface area contributed by atoms with Gasteiger partial charge in [0.2, 0.25) is 0 Å². The number of hydrogen-bond acceptors (Lipinski definition) is 0. The van der Waals surface area contributed by atoms with E-state index in [4.69, 9.17) is 0 Å². The standard InChI is InChI=1S/C16H26.C15H17F.C3H6/c1-6-9-11-12-15(8-3)16(14(4)5)13-10-7-2;1-4-6-7-13(5-2)11-14-8-9-15(16)12(3)10-14;1-3-2/h7-8,10,13H,2,6,9,11-12H2,1,3-5H3;4-10H,2,11H2,1,3H3;3H,1H2,2H3/b13-10-,15-8-;6-4-,13-7-;. The SMILES string of the molecule is C=C/C(=C/C=C\C)Cc1ccc(F)c(C)c1.C=C/C=C\C(=C(C)C)/C(=C\C)CCCCC.C=CC. The summed E-state index contributed by atoms with van der Waals surface area (Å²) in [4.78, 5) is 0. The summed E-state index contributed by atoms with van der Waals surface area (Å²) < 4.78 is 13.1. The summed E-state index contributed by atoms with van der Waals surface area (Å²) in [6, 6.07) is 5.21. The number of rotatable bonds is 11. The average Bonchev–Trinajstić information content (AvgIpc) is 2.83. The third-order valence-corrected chi connectivity index (χ3v) is 5.08. The van der Waals surface area contributed by atoms with Crippen molar-refractivity contribution in [2.75, 3.05) is 0 Å². The van der Waals surface area contributed by atoms with Crippen LogP contribution in [0.4, 0.5) is 4.39 Å². The fraction of sp³-hybridized carbons (Fsp3) is 0.353. The second-order valence-corrected chi connectivity index (χ2v) is 8.42. The molecule has 0 heterocycles. The number of allylic oxidation sites excluding steroid dienone is 13. The first-order chi connectivity index (χ1) is 16.7. The maximum absolute atomic E-state index is 13.1. The van der Waals surface area contributed by atoms with Crippen molar-refractivity contribution < 1.29 is 4.39 Å². The molecule has 1 rings (SSSR count). The Morgan fingerprint density at radius 1 is 1.00 bits per heavy atom. The molecule has 0 aliphatic carbocycles. The summed E-state index contributed by atoms with van der Waals surface area (Å²) in [5, 5.41) is 0. The van der Waals surface area contributed by atoms with Gasteiger partial charge in [0, 0.05) is 0 Å². The Labute approximate surface area is 216 Å². The Bertz CT molecular complexity index is 897. The van der Waals surface area contributed by atoms with Crippen molar-refractivity contribution in [2.24, 2.45) is 0 Å². The van der Waals surface area contributed by atoms with Crippen molar-refractivity contribution in [2.45, 2.75) is 80.6 Å². The van der Waals surface area contributed by atoms with Crippen molar-refractivity contribution in [1.82, 2.24) is 0 Å². The highest BCUT2D eigenvalue weighted by Crippen LogP contribution is 2.22. The van der Waals surface area contributed by atoms with Crippen LogP contribution >= 0.6 is 0 Å². The largest absolute Gasteiger partial charge is 0.207 e. The molecule has 0 unspecified atom stereocenters. The Morgan fingerprint density at radius 3 is 2.11 bits per heavy atom. The molecule has 1 aromatic carbocycles. The summed E-state index contributed by atoms with van der Waals surface area (Å²) in [6.45, 7) is 25.2. The lowest BCUT2D eigenvalue weighted by molar-refractivity contribution is 0.618. The molecular formula is C34H49F. The first-order valence-electron chi connectivity index (χ1n) is 12.6. The van der Waals surface area contributed by atoms with Gasteiger partial charge in [-0.3, -0.25) is 0 Å². The van der Waals surface area contributed by atoms with Gasteiger partial charge in [-0.1, -0.05) is 105 Å². The molecule has 0 nitrogen and oxygen atoms in total. The zero-order valence-corrected chi connectivity index (χ0v) is 23.5. The summed E-state index contributed by atoms with van der Waals surface area (Å²) in [6.07, 6.45) is 23.7. The molecule has 192 valence electrons. The van der Waals surface area contributed by atoms with Crippen molar-refractivity contribution in [3.8, 4) is 0 Å². The van der Waals surface area contributed by atoms with Crippen LogP contribution in [0.15, 0.2) is 115 Å². The van der Waals surface area contributed by atoms with E-state index in [9.17, 15) is 4.39 Å². The molecule has 35 heavy (non-hydrogen) atoms. The van der Waals surface area contributed by atoms with Gasteiger partial charge in [0.25, 0.3) is 0 Å². The molecule has 0 aliphatic rings. The summed E-state index contributed by atoms with van der Waals surface area (Å²) in [5.74, 6) is -0.152. The minimum atomic E-state index is -0.152. The zero-order chi connectivity index (χ0) is 27.1. The van der Waals surface area contributed by atoms with E-state index in [1.165, 1.54) is 48.5 Å². The lowest BCUT2D eigenvalue weighted by atomic mass is 9.95. The van der Waals surface area contributed by atoms with E-state index in [1.54, 1.807) is 13.0 Å². The van der Waals surface area contributed by atoms with Crippen molar-refractivity contribution in [3.63, 3.8) is 0 Å². The molecule has 0 amide bonds. The van der Waals surface area contributed by atoms with Gasteiger partial charge < -0.3 is 0 Å². The highest BCUT2D eigenvalue weighted by molar-refractivity contribution is 5.43. The van der Waals surface area contributed by atoms with Gasteiger partial charge in [0.15, 0.2) is 0 Å². The Hall–Kier alpha value is -2.93. The van der Waals surface area contributed by atoms with Crippen LogP contribution in [-0.2, 0) is 6.42 Å². The zero-order valence-electron chi connectivity index (χ0n) is 23.5.